The standard InChI is InChI=1S/C21H27N3O3/c1-3-17-21-18(24-23-17)8-6-10-20(21)27-14-16(25)13-22-12-11-15-7-4-5-9-19(15)26-2/h4-10,16,22,25H,3,11-14H2,1-2H3,(H,23,24)/t16-/m0/s1. The monoisotopic (exact) mass is 369 g/mol. The van der Waals surface area contributed by atoms with Crippen LogP contribution >= 0.6 is 0 Å². The van der Waals surface area contributed by atoms with Crippen molar-refractivity contribution in [3.63, 3.8) is 0 Å². The predicted molar refractivity (Wildman–Crippen MR) is 107 cm³/mol. The largest absolute Gasteiger partial charge is 0.496 e. The van der Waals surface area contributed by atoms with Crippen LogP contribution in [-0.2, 0) is 12.8 Å². The van der Waals surface area contributed by atoms with E-state index < -0.39 is 6.10 Å². The second-order valence-electron chi connectivity index (χ2n) is 6.43. The summed E-state index contributed by atoms with van der Waals surface area (Å²) in [6, 6.07) is 13.8. The molecule has 3 N–H and O–H groups in total. The highest BCUT2D eigenvalue weighted by Gasteiger charge is 2.12. The van der Waals surface area contributed by atoms with Crippen LogP contribution in [-0.4, -0.2) is 48.2 Å². The summed E-state index contributed by atoms with van der Waals surface area (Å²) in [6.45, 7) is 3.52. The van der Waals surface area contributed by atoms with Crippen molar-refractivity contribution in [2.75, 3.05) is 26.8 Å². The molecule has 0 amide bonds. The number of benzene rings is 2. The maximum Gasteiger partial charge on any atom is 0.130 e. The molecule has 2 aromatic carbocycles. The van der Waals surface area contributed by atoms with Crippen LogP contribution < -0.4 is 14.8 Å². The number of nitrogens with zero attached hydrogens (tertiary/aromatic N) is 1. The number of aryl methyl sites for hydroxylation is 1. The van der Waals surface area contributed by atoms with Crippen LogP contribution in [0, 0.1) is 0 Å². The highest BCUT2D eigenvalue weighted by atomic mass is 16.5. The van der Waals surface area contributed by atoms with Gasteiger partial charge in [-0.2, -0.15) is 5.10 Å². The number of aliphatic hydroxyl groups is 1. The number of H-pyrrole nitrogens is 1. The first-order valence-corrected chi connectivity index (χ1v) is 9.32. The predicted octanol–water partition coefficient (Wildman–Crippen LogP) is 2.71. The summed E-state index contributed by atoms with van der Waals surface area (Å²) in [6.07, 6.45) is 1.08. The van der Waals surface area contributed by atoms with Crippen LogP contribution in [0.2, 0.25) is 0 Å². The Morgan fingerprint density at radius 3 is 2.78 bits per heavy atom. The van der Waals surface area contributed by atoms with Gasteiger partial charge in [0.2, 0.25) is 0 Å². The minimum Gasteiger partial charge on any atom is -0.496 e. The molecule has 0 saturated carbocycles. The highest BCUT2D eigenvalue weighted by molar-refractivity contribution is 5.87. The molecular formula is C21H27N3O3. The molecule has 3 rings (SSSR count). The molecule has 0 aliphatic carbocycles. The first kappa shape index (κ1) is 19.2. The summed E-state index contributed by atoms with van der Waals surface area (Å²) in [5.41, 5.74) is 3.08. The molecule has 3 aromatic rings. The molecule has 0 unspecified atom stereocenters. The third kappa shape index (κ3) is 4.78. The molecule has 0 aliphatic heterocycles. The molecule has 6 heteroatoms. The van der Waals surface area contributed by atoms with E-state index in [0.29, 0.717) is 6.54 Å². The topological polar surface area (TPSA) is 79.4 Å². The molecule has 1 atom stereocenters. The molecule has 0 spiro atoms. The van der Waals surface area contributed by atoms with Gasteiger partial charge in [-0.25, -0.2) is 0 Å². The fourth-order valence-corrected chi connectivity index (χ4v) is 3.13. The van der Waals surface area contributed by atoms with E-state index in [1.807, 2.05) is 36.4 Å². The molecule has 144 valence electrons. The summed E-state index contributed by atoms with van der Waals surface area (Å²) in [4.78, 5) is 0. The van der Waals surface area contributed by atoms with Crippen molar-refractivity contribution in [3.05, 3.63) is 53.7 Å². The fourth-order valence-electron chi connectivity index (χ4n) is 3.13. The maximum atomic E-state index is 10.2. The number of aliphatic hydroxyl groups excluding tert-OH is 1. The summed E-state index contributed by atoms with van der Waals surface area (Å²) in [7, 11) is 1.68. The fraction of sp³-hybridized carbons (Fsp3) is 0.381. The number of ether oxygens (including phenoxy) is 2. The van der Waals surface area contributed by atoms with Crippen LogP contribution in [0.1, 0.15) is 18.2 Å². The number of hydrogen-bond acceptors (Lipinski definition) is 5. The zero-order valence-corrected chi connectivity index (χ0v) is 15.9. The van der Waals surface area contributed by atoms with Gasteiger partial charge in [-0.3, -0.25) is 5.10 Å². The van der Waals surface area contributed by atoms with Gasteiger partial charge in [0.25, 0.3) is 0 Å². The van der Waals surface area contributed by atoms with Gasteiger partial charge in [-0.1, -0.05) is 31.2 Å². The van der Waals surface area contributed by atoms with E-state index in [9.17, 15) is 5.11 Å². The van der Waals surface area contributed by atoms with E-state index in [0.717, 1.165) is 53.0 Å². The van der Waals surface area contributed by atoms with Gasteiger partial charge in [0.1, 0.15) is 24.2 Å². The Morgan fingerprint density at radius 2 is 1.96 bits per heavy atom. The minimum absolute atomic E-state index is 0.231. The lowest BCUT2D eigenvalue weighted by atomic mass is 10.1. The molecule has 0 radical (unpaired) electrons. The van der Waals surface area contributed by atoms with Gasteiger partial charge in [-0.05, 0) is 43.1 Å². The van der Waals surface area contributed by atoms with E-state index in [1.165, 1.54) is 0 Å². The van der Waals surface area contributed by atoms with E-state index in [4.69, 9.17) is 9.47 Å². The first-order chi connectivity index (χ1) is 13.2. The lowest BCUT2D eigenvalue weighted by Gasteiger charge is -2.14. The zero-order chi connectivity index (χ0) is 19.1. The Balaban J connectivity index is 1.46. The van der Waals surface area contributed by atoms with Crippen LogP contribution in [0.15, 0.2) is 42.5 Å². The summed E-state index contributed by atoms with van der Waals surface area (Å²) < 4.78 is 11.2. The lowest BCUT2D eigenvalue weighted by molar-refractivity contribution is 0.107. The molecule has 6 nitrogen and oxygen atoms in total. The van der Waals surface area contributed by atoms with Crippen molar-refractivity contribution < 1.29 is 14.6 Å². The molecule has 1 aromatic heterocycles. The Morgan fingerprint density at radius 1 is 1.15 bits per heavy atom. The van der Waals surface area contributed by atoms with Gasteiger partial charge in [0.15, 0.2) is 0 Å². The smallest absolute Gasteiger partial charge is 0.130 e. The lowest BCUT2D eigenvalue weighted by Crippen LogP contribution is -2.32. The van der Waals surface area contributed by atoms with Crippen molar-refractivity contribution in [1.82, 2.24) is 15.5 Å². The van der Waals surface area contributed by atoms with Crippen LogP contribution in [0.5, 0.6) is 11.5 Å². The van der Waals surface area contributed by atoms with Gasteiger partial charge in [0.05, 0.1) is 23.7 Å². The van der Waals surface area contributed by atoms with Crippen molar-refractivity contribution in [3.8, 4) is 11.5 Å². The molecular weight excluding hydrogens is 342 g/mol. The van der Waals surface area contributed by atoms with Gasteiger partial charge in [-0.15, -0.1) is 0 Å². The van der Waals surface area contributed by atoms with E-state index in [1.54, 1.807) is 7.11 Å². The Kier molecular flexibility index (Phi) is 6.68. The van der Waals surface area contributed by atoms with Gasteiger partial charge < -0.3 is 19.9 Å². The number of rotatable bonds is 10. The van der Waals surface area contributed by atoms with Crippen molar-refractivity contribution in [2.45, 2.75) is 25.9 Å². The number of para-hydroxylation sites is 1. The summed E-state index contributed by atoms with van der Waals surface area (Å²) >= 11 is 0. The molecule has 1 heterocycles. The second kappa shape index (κ2) is 9.39. The Hall–Kier alpha value is -2.57. The van der Waals surface area contributed by atoms with Crippen LogP contribution in [0.4, 0.5) is 0 Å². The zero-order valence-electron chi connectivity index (χ0n) is 15.9. The molecule has 0 fully saturated rings. The first-order valence-electron chi connectivity index (χ1n) is 9.32. The van der Waals surface area contributed by atoms with Crippen LogP contribution in [0.25, 0.3) is 10.9 Å². The Labute approximate surface area is 159 Å². The van der Waals surface area contributed by atoms with Gasteiger partial charge in [0, 0.05) is 6.54 Å². The number of aromatic amines is 1. The minimum atomic E-state index is -0.588. The average molecular weight is 369 g/mol. The number of fused-ring (bicyclic) bond motifs is 1. The van der Waals surface area contributed by atoms with Crippen molar-refractivity contribution >= 4 is 10.9 Å². The van der Waals surface area contributed by atoms with Crippen molar-refractivity contribution in [2.24, 2.45) is 0 Å². The quantitative estimate of drug-likeness (QED) is 0.479. The third-order valence-electron chi connectivity index (χ3n) is 4.54. The van der Waals surface area contributed by atoms with Crippen molar-refractivity contribution in [1.29, 1.82) is 0 Å². The maximum absolute atomic E-state index is 10.2. The number of aromatic nitrogens is 2. The van der Waals surface area contributed by atoms with E-state index in [-0.39, 0.29) is 6.61 Å². The number of nitrogens with one attached hydrogen (secondary N) is 2. The summed E-state index contributed by atoms with van der Waals surface area (Å²) in [5.74, 6) is 1.65. The average Bonchev–Trinajstić information content (AvgIpc) is 3.13. The highest BCUT2D eigenvalue weighted by Crippen LogP contribution is 2.27. The molecule has 0 bridgehead atoms. The Bertz CT molecular complexity index is 863. The summed E-state index contributed by atoms with van der Waals surface area (Å²) in [5, 5.41) is 21.8. The number of hydrogen-bond donors (Lipinski definition) is 3. The van der Waals surface area contributed by atoms with Gasteiger partial charge >= 0.3 is 0 Å². The number of methoxy groups -OCH3 is 1. The van der Waals surface area contributed by atoms with E-state index >= 15 is 0 Å². The second-order valence-corrected chi connectivity index (χ2v) is 6.43. The molecule has 0 saturated heterocycles. The SMILES string of the molecule is CCc1n[nH]c2cccc(OC[C@@H](O)CNCCc3ccccc3OC)c12. The molecule has 0 aliphatic rings. The third-order valence-corrected chi connectivity index (χ3v) is 4.54. The normalized spacial score (nSPS) is 12.3. The van der Waals surface area contributed by atoms with Crippen LogP contribution in [0.3, 0.4) is 0 Å². The molecule has 27 heavy (non-hydrogen) atoms. The van der Waals surface area contributed by atoms with E-state index in [2.05, 4.69) is 28.5 Å².